The van der Waals surface area contributed by atoms with E-state index in [1.165, 1.54) is 56.9 Å². The summed E-state index contributed by atoms with van der Waals surface area (Å²) in [5.41, 5.74) is 4.04. The van der Waals surface area contributed by atoms with Crippen molar-refractivity contribution >= 4 is 0 Å². The summed E-state index contributed by atoms with van der Waals surface area (Å²) >= 11 is 0. The number of allylic oxidation sites excluding steroid dienone is 3. The zero-order chi connectivity index (χ0) is 20.1. The Hall–Kier alpha value is -0.560. The quantitative estimate of drug-likeness (QED) is 0.504. The Morgan fingerprint density at radius 2 is 1.93 bits per heavy atom. The summed E-state index contributed by atoms with van der Waals surface area (Å²) in [6, 6.07) is 0. The first kappa shape index (κ1) is 20.7. The van der Waals surface area contributed by atoms with Gasteiger partial charge in [-0.25, -0.2) is 0 Å². The van der Waals surface area contributed by atoms with Crippen molar-refractivity contribution in [1.82, 2.24) is 0 Å². The molecule has 28 heavy (non-hydrogen) atoms. The van der Waals surface area contributed by atoms with Crippen molar-refractivity contribution in [3.8, 4) is 0 Å². The average molecular weight is 385 g/mol. The largest absolute Gasteiger partial charge is 0.393 e. The minimum absolute atomic E-state index is 0.0813. The SMILES string of the molecule is CC(C)=CCC[C@H](C)[C@H]1CC[C@@H]2[C@H]3CC=C4C[C@H](O)CC[C@@]4(C)[C@@H]3CC[C@]21C. The van der Waals surface area contributed by atoms with Crippen molar-refractivity contribution < 1.29 is 5.11 Å². The van der Waals surface area contributed by atoms with E-state index in [9.17, 15) is 5.11 Å². The van der Waals surface area contributed by atoms with Gasteiger partial charge in [0.15, 0.2) is 0 Å². The molecular weight excluding hydrogens is 340 g/mol. The maximum absolute atomic E-state index is 10.2. The van der Waals surface area contributed by atoms with Gasteiger partial charge in [-0.05, 0) is 118 Å². The molecule has 3 saturated carbocycles. The Labute approximate surface area is 174 Å². The molecule has 8 atom stereocenters. The van der Waals surface area contributed by atoms with Crippen LogP contribution < -0.4 is 0 Å². The summed E-state index contributed by atoms with van der Waals surface area (Å²) in [5, 5.41) is 10.2. The van der Waals surface area contributed by atoms with Gasteiger partial charge in [-0.15, -0.1) is 0 Å². The molecule has 4 aliphatic carbocycles. The normalized spacial score (nSPS) is 46.1. The van der Waals surface area contributed by atoms with Crippen LogP contribution in [0.2, 0.25) is 0 Å². The predicted molar refractivity (Wildman–Crippen MR) is 119 cm³/mol. The molecule has 3 fully saturated rings. The van der Waals surface area contributed by atoms with Crippen molar-refractivity contribution in [3.63, 3.8) is 0 Å². The summed E-state index contributed by atoms with van der Waals surface area (Å²) in [6.07, 6.45) is 17.9. The predicted octanol–water partition coefficient (Wildman–Crippen LogP) is 7.31. The molecule has 0 radical (unpaired) electrons. The van der Waals surface area contributed by atoms with Crippen LogP contribution in [0.25, 0.3) is 0 Å². The van der Waals surface area contributed by atoms with E-state index in [0.29, 0.717) is 10.8 Å². The van der Waals surface area contributed by atoms with E-state index in [-0.39, 0.29) is 6.10 Å². The lowest BCUT2D eigenvalue weighted by Crippen LogP contribution is -2.50. The van der Waals surface area contributed by atoms with Gasteiger partial charge in [0.1, 0.15) is 0 Å². The second-order valence-electron chi connectivity index (χ2n) is 11.7. The highest BCUT2D eigenvalue weighted by atomic mass is 16.3. The van der Waals surface area contributed by atoms with E-state index < -0.39 is 0 Å². The molecule has 1 heteroatoms. The third-order valence-corrected chi connectivity index (χ3v) is 10.0. The van der Waals surface area contributed by atoms with E-state index in [1.807, 2.05) is 0 Å². The number of aliphatic hydroxyl groups excluding tert-OH is 1. The van der Waals surface area contributed by atoms with E-state index in [0.717, 1.165) is 42.4 Å². The van der Waals surface area contributed by atoms with Gasteiger partial charge in [-0.2, -0.15) is 0 Å². The zero-order valence-corrected chi connectivity index (χ0v) is 19.1. The third kappa shape index (κ3) is 3.34. The van der Waals surface area contributed by atoms with Crippen molar-refractivity contribution in [3.05, 3.63) is 23.3 Å². The smallest absolute Gasteiger partial charge is 0.0577 e. The molecule has 0 bridgehead atoms. The minimum Gasteiger partial charge on any atom is -0.393 e. The molecule has 158 valence electrons. The van der Waals surface area contributed by atoms with Gasteiger partial charge in [-0.1, -0.05) is 44.1 Å². The van der Waals surface area contributed by atoms with Gasteiger partial charge in [0.25, 0.3) is 0 Å². The average Bonchev–Trinajstić information content (AvgIpc) is 2.99. The lowest BCUT2D eigenvalue weighted by molar-refractivity contribution is -0.0571. The van der Waals surface area contributed by atoms with Crippen LogP contribution in [0.4, 0.5) is 0 Å². The van der Waals surface area contributed by atoms with Crippen LogP contribution in [0.15, 0.2) is 23.3 Å². The van der Waals surface area contributed by atoms with Crippen molar-refractivity contribution in [1.29, 1.82) is 0 Å². The van der Waals surface area contributed by atoms with Gasteiger partial charge < -0.3 is 5.11 Å². The molecule has 0 aromatic rings. The Kier molecular flexibility index (Phi) is 5.62. The first-order chi connectivity index (χ1) is 13.3. The van der Waals surface area contributed by atoms with Crippen molar-refractivity contribution in [2.45, 2.75) is 105 Å². The molecule has 1 nitrogen and oxygen atoms in total. The summed E-state index contributed by atoms with van der Waals surface area (Å²) in [7, 11) is 0. The van der Waals surface area contributed by atoms with E-state index in [2.05, 4.69) is 46.8 Å². The van der Waals surface area contributed by atoms with Crippen LogP contribution in [0.3, 0.4) is 0 Å². The van der Waals surface area contributed by atoms with E-state index in [4.69, 9.17) is 0 Å². The molecule has 4 rings (SSSR count). The molecule has 0 aliphatic heterocycles. The fourth-order valence-corrected chi connectivity index (χ4v) is 8.45. The Bertz CT molecular complexity index is 641. The Balaban J connectivity index is 1.51. The number of fused-ring (bicyclic) bond motifs is 5. The lowest BCUT2D eigenvalue weighted by atomic mass is 9.47. The summed E-state index contributed by atoms with van der Waals surface area (Å²) < 4.78 is 0. The molecule has 1 N–H and O–H groups in total. The third-order valence-electron chi connectivity index (χ3n) is 10.0. The molecule has 0 unspecified atom stereocenters. The molecule has 0 saturated heterocycles. The highest BCUT2D eigenvalue weighted by Gasteiger charge is 2.58. The van der Waals surface area contributed by atoms with E-state index in [1.54, 1.807) is 5.57 Å². The first-order valence-electron chi connectivity index (χ1n) is 12.3. The molecule has 0 aromatic heterocycles. The molecular formula is C27H44O. The summed E-state index contributed by atoms with van der Waals surface area (Å²) in [6.45, 7) is 12.2. The topological polar surface area (TPSA) is 20.2 Å². The maximum atomic E-state index is 10.2. The van der Waals surface area contributed by atoms with E-state index >= 15 is 0 Å². The monoisotopic (exact) mass is 384 g/mol. The first-order valence-corrected chi connectivity index (χ1v) is 12.3. The molecule has 4 aliphatic rings. The minimum atomic E-state index is -0.0813. The Morgan fingerprint density at radius 1 is 1.14 bits per heavy atom. The second kappa shape index (κ2) is 7.60. The van der Waals surface area contributed by atoms with Crippen LogP contribution in [0.5, 0.6) is 0 Å². The van der Waals surface area contributed by atoms with Gasteiger partial charge in [-0.3, -0.25) is 0 Å². The van der Waals surface area contributed by atoms with Gasteiger partial charge in [0.05, 0.1) is 6.10 Å². The highest BCUT2D eigenvalue weighted by molar-refractivity contribution is 5.25. The van der Waals surface area contributed by atoms with Gasteiger partial charge >= 0.3 is 0 Å². The van der Waals surface area contributed by atoms with Crippen molar-refractivity contribution in [2.24, 2.45) is 40.4 Å². The second-order valence-corrected chi connectivity index (χ2v) is 11.7. The fourth-order valence-electron chi connectivity index (χ4n) is 8.45. The number of aliphatic hydroxyl groups is 1. The van der Waals surface area contributed by atoms with Crippen LogP contribution in [0.1, 0.15) is 98.8 Å². The lowest BCUT2D eigenvalue weighted by Gasteiger charge is -2.58. The summed E-state index contributed by atoms with van der Waals surface area (Å²) in [4.78, 5) is 0. The zero-order valence-electron chi connectivity index (χ0n) is 19.1. The number of hydrogen-bond donors (Lipinski definition) is 1. The van der Waals surface area contributed by atoms with Gasteiger partial charge in [0, 0.05) is 0 Å². The molecule has 0 aromatic carbocycles. The van der Waals surface area contributed by atoms with Crippen LogP contribution in [0, 0.1) is 40.4 Å². The van der Waals surface area contributed by atoms with Crippen LogP contribution >= 0.6 is 0 Å². The number of rotatable bonds is 4. The van der Waals surface area contributed by atoms with Crippen molar-refractivity contribution in [2.75, 3.05) is 0 Å². The highest BCUT2D eigenvalue weighted by Crippen LogP contribution is 2.67. The standard InChI is InChI=1S/C27H44O/c1-18(2)7-6-8-19(3)23-11-12-24-22-10-9-20-17-21(28)13-15-26(20,4)25(22)14-16-27(23,24)5/h7,9,19,21-25,28H,6,8,10-17H2,1-5H3/t19-,21+,22+,23+,24+,25+,26+,27-/m0/s1. The molecule has 0 heterocycles. The molecule has 0 spiro atoms. The van der Waals surface area contributed by atoms with Crippen LogP contribution in [-0.4, -0.2) is 11.2 Å². The Morgan fingerprint density at radius 3 is 2.68 bits per heavy atom. The fraction of sp³-hybridized carbons (Fsp3) is 0.852. The number of hydrogen-bond acceptors (Lipinski definition) is 1. The summed E-state index contributed by atoms with van der Waals surface area (Å²) in [5.74, 6) is 4.49. The molecule has 0 amide bonds. The van der Waals surface area contributed by atoms with Gasteiger partial charge in [0.2, 0.25) is 0 Å². The maximum Gasteiger partial charge on any atom is 0.0577 e. The van der Waals surface area contributed by atoms with Crippen LogP contribution in [-0.2, 0) is 0 Å².